The van der Waals surface area contributed by atoms with Gasteiger partial charge in [-0.15, -0.1) is 0 Å². The van der Waals surface area contributed by atoms with Gasteiger partial charge in [0.05, 0.1) is 26.4 Å². The van der Waals surface area contributed by atoms with Crippen LogP contribution in [0.3, 0.4) is 0 Å². The average Bonchev–Trinajstić information content (AvgIpc) is 3.05. The van der Waals surface area contributed by atoms with E-state index in [2.05, 4.69) is 10.5 Å². The van der Waals surface area contributed by atoms with Crippen molar-refractivity contribution in [3.05, 3.63) is 11.8 Å². The Morgan fingerprint density at radius 1 is 1.35 bits per heavy atom. The number of nitrogens with one attached hydrogen (secondary N) is 1. The van der Waals surface area contributed by atoms with Crippen molar-refractivity contribution in [2.45, 2.75) is 25.0 Å². The zero-order valence-electron chi connectivity index (χ0n) is 13.7. The second-order valence-corrected chi connectivity index (χ2v) is 5.41. The van der Waals surface area contributed by atoms with Crippen molar-refractivity contribution in [1.29, 1.82) is 0 Å². The van der Waals surface area contributed by atoms with Crippen molar-refractivity contribution in [2.24, 2.45) is 5.92 Å². The molecule has 1 fully saturated rings. The second-order valence-electron chi connectivity index (χ2n) is 5.41. The van der Waals surface area contributed by atoms with Gasteiger partial charge in [0.25, 0.3) is 5.88 Å². The van der Waals surface area contributed by atoms with Gasteiger partial charge in [0.2, 0.25) is 5.91 Å². The molecular formula is C15H24N2O6. The monoisotopic (exact) mass is 328 g/mol. The maximum atomic E-state index is 12.0. The first-order valence-corrected chi connectivity index (χ1v) is 7.57. The summed E-state index contributed by atoms with van der Waals surface area (Å²) in [4.78, 5) is 12.0. The summed E-state index contributed by atoms with van der Waals surface area (Å²) in [5.41, 5.74) is 0. The molecule has 1 saturated heterocycles. The van der Waals surface area contributed by atoms with Gasteiger partial charge in [0, 0.05) is 45.6 Å². The van der Waals surface area contributed by atoms with Crippen molar-refractivity contribution >= 4 is 5.91 Å². The van der Waals surface area contributed by atoms with Crippen LogP contribution in [-0.2, 0) is 25.4 Å². The summed E-state index contributed by atoms with van der Waals surface area (Å²) in [7, 11) is 4.79. The summed E-state index contributed by atoms with van der Waals surface area (Å²) in [6.07, 6.45) is 0.583. The summed E-state index contributed by atoms with van der Waals surface area (Å²) in [6.45, 7) is 1.53. The highest BCUT2D eigenvalue weighted by atomic mass is 16.6. The third kappa shape index (κ3) is 4.92. The van der Waals surface area contributed by atoms with Crippen molar-refractivity contribution in [2.75, 3.05) is 41.1 Å². The van der Waals surface area contributed by atoms with Crippen LogP contribution in [0.15, 0.2) is 10.6 Å². The topological polar surface area (TPSA) is 92.1 Å². The van der Waals surface area contributed by atoms with Gasteiger partial charge in [0.1, 0.15) is 11.9 Å². The number of hydrogen-bond donors (Lipinski definition) is 1. The molecule has 1 aliphatic heterocycles. The number of nitrogens with zero attached hydrogens (tertiary/aromatic N) is 1. The van der Waals surface area contributed by atoms with Crippen molar-refractivity contribution < 1.29 is 28.3 Å². The zero-order chi connectivity index (χ0) is 16.7. The fourth-order valence-electron chi connectivity index (χ4n) is 2.63. The van der Waals surface area contributed by atoms with E-state index < -0.39 is 0 Å². The van der Waals surface area contributed by atoms with Crippen LogP contribution in [0, 0.1) is 5.92 Å². The van der Waals surface area contributed by atoms with E-state index in [4.69, 9.17) is 23.5 Å². The quantitative estimate of drug-likeness (QED) is 0.739. The first-order chi connectivity index (χ1) is 11.2. The van der Waals surface area contributed by atoms with Crippen molar-refractivity contribution in [1.82, 2.24) is 10.5 Å². The van der Waals surface area contributed by atoms with Crippen LogP contribution in [0.1, 0.15) is 12.2 Å². The molecule has 0 aromatic carbocycles. The van der Waals surface area contributed by atoms with Crippen LogP contribution in [0.25, 0.3) is 0 Å². The lowest BCUT2D eigenvalue weighted by molar-refractivity contribution is -0.147. The number of aromatic nitrogens is 1. The van der Waals surface area contributed by atoms with Gasteiger partial charge in [-0.1, -0.05) is 0 Å². The number of aryl methyl sites for hydroxylation is 1. The van der Waals surface area contributed by atoms with Gasteiger partial charge in [-0.3, -0.25) is 4.79 Å². The molecule has 0 unspecified atom stereocenters. The Hall–Kier alpha value is -1.64. The number of amides is 1. The molecule has 1 aliphatic rings. The lowest BCUT2D eigenvalue weighted by Gasteiger charge is -2.36. The predicted octanol–water partition coefficient (Wildman–Crippen LogP) is 0.408. The summed E-state index contributed by atoms with van der Waals surface area (Å²) >= 11 is 0. The van der Waals surface area contributed by atoms with Gasteiger partial charge in [-0.25, -0.2) is 0 Å². The number of rotatable bonds is 8. The van der Waals surface area contributed by atoms with Gasteiger partial charge < -0.3 is 28.8 Å². The molecule has 0 radical (unpaired) electrons. The third-order valence-corrected chi connectivity index (χ3v) is 3.93. The molecular weight excluding hydrogens is 304 g/mol. The van der Waals surface area contributed by atoms with Gasteiger partial charge in [-0.2, -0.15) is 0 Å². The highest BCUT2D eigenvalue weighted by molar-refractivity contribution is 5.76. The van der Waals surface area contributed by atoms with Crippen LogP contribution in [0.5, 0.6) is 5.88 Å². The van der Waals surface area contributed by atoms with Crippen LogP contribution >= 0.6 is 0 Å². The molecule has 1 aromatic heterocycles. The summed E-state index contributed by atoms with van der Waals surface area (Å²) in [5.74, 6) is 1.03. The molecule has 0 saturated carbocycles. The Balaban J connectivity index is 1.74. The molecule has 2 rings (SSSR count). The van der Waals surface area contributed by atoms with Crippen molar-refractivity contribution in [3.8, 4) is 5.88 Å². The number of ether oxygens (including phenoxy) is 4. The minimum Gasteiger partial charge on any atom is -0.479 e. The largest absolute Gasteiger partial charge is 0.479 e. The number of carbonyl (C=O) groups is 1. The van der Waals surface area contributed by atoms with Gasteiger partial charge in [-0.05, 0) is 5.16 Å². The van der Waals surface area contributed by atoms with E-state index in [-0.39, 0.29) is 24.0 Å². The lowest BCUT2D eigenvalue weighted by Crippen LogP contribution is -2.50. The molecule has 0 spiro atoms. The van der Waals surface area contributed by atoms with Crippen molar-refractivity contribution in [3.63, 3.8) is 0 Å². The molecule has 130 valence electrons. The second kappa shape index (κ2) is 8.85. The first kappa shape index (κ1) is 17.7. The summed E-state index contributed by atoms with van der Waals surface area (Å²) in [6, 6.07) is 1.67. The molecule has 8 nitrogen and oxygen atoms in total. The molecule has 0 bridgehead atoms. The molecule has 1 amide bonds. The lowest BCUT2D eigenvalue weighted by atomic mass is 9.96. The Bertz CT molecular complexity index is 492. The standard InChI is InChI=1S/C15H24N2O6/c1-19-12-9-22-8-10(15(12)21-3)7-16-13(18)5-4-11-6-14(20-2)17-23-11/h6,10,12,15H,4-5,7-9H2,1-3H3,(H,16,18)/t10-,12-,15+/m1/s1. The molecule has 1 aromatic rings. The minimum atomic E-state index is -0.114. The van der Waals surface area contributed by atoms with Crippen LogP contribution in [0.2, 0.25) is 0 Å². The predicted molar refractivity (Wildman–Crippen MR) is 80.3 cm³/mol. The Morgan fingerprint density at radius 2 is 2.17 bits per heavy atom. The number of methoxy groups -OCH3 is 3. The van der Waals surface area contributed by atoms with Gasteiger partial charge in [0.15, 0.2) is 0 Å². The van der Waals surface area contributed by atoms with E-state index in [0.29, 0.717) is 44.2 Å². The van der Waals surface area contributed by atoms with Crippen LogP contribution in [0.4, 0.5) is 0 Å². The minimum absolute atomic E-state index is 0.0604. The Labute approximate surface area is 135 Å². The number of hydrogen-bond acceptors (Lipinski definition) is 7. The summed E-state index contributed by atoms with van der Waals surface area (Å²) in [5, 5.41) is 6.60. The van der Waals surface area contributed by atoms with Crippen LogP contribution in [-0.4, -0.2) is 64.4 Å². The van der Waals surface area contributed by atoms with E-state index in [1.54, 1.807) is 20.3 Å². The maximum Gasteiger partial charge on any atom is 0.254 e. The highest BCUT2D eigenvalue weighted by Crippen LogP contribution is 2.20. The third-order valence-electron chi connectivity index (χ3n) is 3.93. The van der Waals surface area contributed by atoms with E-state index in [1.165, 1.54) is 7.11 Å². The van der Waals surface area contributed by atoms with E-state index in [9.17, 15) is 4.79 Å². The van der Waals surface area contributed by atoms with E-state index in [1.807, 2.05) is 0 Å². The normalized spacial score (nSPS) is 24.4. The molecule has 2 heterocycles. The van der Waals surface area contributed by atoms with E-state index >= 15 is 0 Å². The molecule has 0 aliphatic carbocycles. The molecule has 8 heteroatoms. The maximum absolute atomic E-state index is 12.0. The average molecular weight is 328 g/mol. The first-order valence-electron chi connectivity index (χ1n) is 7.57. The van der Waals surface area contributed by atoms with E-state index in [0.717, 1.165) is 0 Å². The zero-order valence-corrected chi connectivity index (χ0v) is 13.7. The number of carbonyl (C=O) groups excluding carboxylic acids is 1. The molecule has 1 N–H and O–H groups in total. The fourth-order valence-corrected chi connectivity index (χ4v) is 2.63. The highest BCUT2D eigenvalue weighted by Gasteiger charge is 2.34. The Morgan fingerprint density at radius 3 is 2.83 bits per heavy atom. The fraction of sp³-hybridized carbons (Fsp3) is 0.733. The smallest absolute Gasteiger partial charge is 0.254 e. The van der Waals surface area contributed by atoms with Crippen LogP contribution < -0.4 is 10.1 Å². The van der Waals surface area contributed by atoms with Gasteiger partial charge >= 0.3 is 0 Å². The molecule has 23 heavy (non-hydrogen) atoms. The SMILES string of the molecule is COc1cc(CCC(=O)NC[C@@H]2COC[C@@H](OC)[C@H]2OC)on1. The summed E-state index contributed by atoms with van der Waals surface area (Å²) < 4.78 is 26.3. The Kier molecular flexibility index (Phi) is 6.82. The molecule has 3 atom stereocenters.